The van der Waals surface area contributed by atoms with Crippen molar-refractivity contribution >= 4 is 35.4 Å². The number of H-pyrrole nitrogens is 1. The number of aryl methyl sites for hydroxylation is 1. The van der Waals surface area contributed by atoms with Crippen molar-refractivity contribution in [3.63, 3.8) is 0 Å². The van der Waals surface area contributed by atoms with Gasteiger partial charge in [0, 0.05) is 19.9 Å². The van der Waals surface area contributed by atoms with Crippen LogP contribution in [0.5, 0.6) is 0 Å². The molecular weight excluding hydrogens is 284 g/mol. The Morgan fingerprint density at radius 2 is 2.26 bits per heavy atom. The minimum atomic E-state index is -0.109. The molecule has 19 heavy (non-hydrogen) atoms. The van der Waals surface area contributed by atoms with Gasteiger partial charge in [0.15, 0.2) is 4.77 Å². The van der Waals surface area contributed by atoms with Crippen molar-refractivity contribution in [2.45, 2.75) is 12.8 Å². The van der Waals surface area contributed by atoms with Gasteiger partial charge in [-0.2, -0.15) is 5.10 Å². The highest BCUT2D eigenvalue weighted by atomic mass is 35.5. The van der Waals surface area contributed by atoms with Gasteiger partial charge in [0.25, 0.3) is 0 Å². The molecule has 1 amide bonds. The van der Waals surface area contributed by atoms with E-state index in [9.17, 15) is 4.79 Å². The molecule has 1 heterocycles. The topological polar surface area (TPSA) is 62.7 Å². The van der Waals surface area contributed by atoms with Crippen LogP contribution in [0.1, 0.15) is 12.2 Å². The molecule has 0 aliphatic carbocycles. The van der Waals surface area contributed by atoms with E-state index in [0.29, 0.717) is 28.3 Å². The van der Waals surface area contributed by atoms with E-state index < -0.39 is 0 Å². The van der Waals surface area contributed by atoms with Crippen molar-refractivity contribution in [1.29, 1.82) is 0 Å². The summed E-state index contributed by atoms with van der Waals surface area (Å²) < 4.78 is 2.29. The molecule has 100 valence electrons. The van der Waals surface area contributed by atoms with Gasteiger partial charge in [-0.3, -0.25) is 9.89 Å². The summed E-state index contributed by atoms with van der Waals surface area (Å²) in [5.74, 6) is 0.640. The zero-order chi connectivity index (χ0) is 13.8. The number of hydrogen-bond donors (Lipinski definition) is 2. The van der Waals surface area contributed by atoms with Gasteiger partial charge in [0.1, 0.15) is 5.82 Å². The third-order valence-corrected chi connectivity index (χ3v) is 3.39. The second-order valence-electron chi connectivity index (χ2n) is 4.03. The molecule has 0 saturated carbocycles. The Hall–Kier alpha value is -1.66. The van der Waals surface area contributed by atoms with Crippen molar-refractivity contribution in [2.75, 3.05) is 5.32 Å². The Balaban J connectivity index is 1.94. The lowest BCUT2D eigenvalue weighted by Gasteiger charge is -2.06. The molecule has 0 bridgehead atoms. The molecule has 0 aliphatic heterocycles. The van der Waals surface area contributed by atoms with Gasteiger partial charge in [-0.1, -0.05) is 23.7 Å². The number of halogens is 1. The van der Waals surface area contributed by atoms with Crippen molar-refractivity contribution in [3.8, 4) is 0 Å². The number of benzene rings is 1. The van der Waals surface area contributed by atoms with Crippen LogP contribution in [0.4, 0.5) is 5.69 Å². The number of aromatic nitrogens is 3. The van der Waals surface area contributed by atoms with E-state index in [2.05, 4.69) is 15.5 Å². The highest BCUT2D eigenvalue weighted by Gasteiger charge is 2.08. The molecular formula is C12H13ClN4OS. The predicted molar refractivity (Wildman–Crippen MR) is 76.8 cm³/mol. The average molecular weight is 297 g/mol. The fraction of sp³-hybridized carbons (Fsp3) is 0.250. The molecule has 0 radical (unpaired) electrons. The zero-order valence-corrected chi connectivity index (χ0v) is 11.9. The van der Waals surface area contributed by atoms with Gasteiger partial charge in [0.2, 0.25) is 5.91 Å². The van der Waals surface area contributed by atoms with Crippen LogP contribution in [0.3, 0.4) is 0 Å². The first-order valence-corrected chi connectivity index (χ1v) is 6.51. The number of nitrogens with zero attached hydrogens (tertiary/aromatic N) is 2. The standard InChI is InChI=1S/C12H13ClN4OS/c1-17-10(15-16-12(17)19)6-7-11(18)14-9-5-3-2-4-8(9)13/h2-5H,6-7H2,1H3,(H,14,18)(H,16,19). The van der Waals surface area contributed by atoms with E-state index >= 15 is 0 Å². The molecule has 5 nitrogen and oxygen atoms in total. The minimum Gasteiger partial charge on any atom is -0.325 e. The number of amides is 1. The second-order valence-corrected chi connectivity index (χ2v) is 4.83. The molecule has 0 saturated heterocycles. The molecule has 2 aromatic rings. The zero-order valence-electron chi connectivity index (χ0n) is 10.3. The number of carbonyl (C=O) groups excluding carboxylic acids is 1. The van der Waals surface area contributed by atoms with Gasteiger partial charge in [0.05, 0.1) is 10.7 Å². The molecule has 0 unspecified atom stereocenters. The van der Waals surface area contributed by atoms with Crippen molar-refractivity contribution in [2.24, 2.45) is 7.05 Å². The Morgan fingerprint density at radius 3 is 2.89 bits per heavy atom. The van der Waals surface area contributed by atoms with Gasteiger partial charge in [-0.25, -0.2) is 0 Å². The molecule has 0 atom stereocenters. The fourth-order valence-corrected chi connectivity index (χ4v) is 1.94. The maximum atomic E-state index is 11.8. The fourth-order valence-electron chi connectivity index (χ4n) is 1.60. The normalized spacial score (nSPS) is 10.4. The van der Waals surface area contributed by atoms with Gasteiger partial charge in [-0.15, -0.1) is 0 Å². The SMILES string of the molecule is Cn1c(CCC(=O)Nc2ccccc2Cl)n[nH]c1=S. The Morgan fingerprint density at radius 1 is 1.53 bits per heavy atom. The summed E-state index contributed by atoms with van der Waals surface area (Å²) >= 11 is 11.0. The van der Waals surface area contributed by atoms with Crippen LogP contribution in [0.15, 0.2) is 24.3 Å². The summed E-state index contributed by atoms with van der Waals surface area (Å²) in [6.07, 6.45) is 0.832. The van der Waals surface area contributed by atoms with E-state index in [0.717, 1.165) is 5.82 Å². The summed E-state index contributed by atoms with van der Waals surface area (Å²) in [5, 5.41) is 10.0. The molecule has 0 fully saturated rings. The minimum absolute atomic E-state index is 0.109. The number of carbonyl (C=O) groups is 1. The molecule has 2 rings (SSSR count). The smallest absolute Gasteiger partial charge is 0.224 e. The molecule has 1 aromatic heterocycles. The van der Waals surface area contributed by atoms with Crippen molar-refractivity contribution in [1.82, 2.24) is 14.8 Å². The van der Waals surface area contributed by atoms with E-state index in [1.807, 2.05) is 19.2 Å². The summed E-state index contributed by atoms with van der Waals surface area (Å²) in [7, 11) is 1.81. The summed E-state index contributed by atoms with van der Waals surface area (Å²) in [4.78, 5) is 11.8. The number of rotatable bonds is 4. The van der Waals surface area contributed by atoms with Crippen LogP contribution in [0.25, 0.3) is 0 Å². The summed E-state index contributed by atoms with van der Waals surface area (Å²) in [6, 6.07) is 7.12. The van der Waals surface area contributed by atoms with E-state index in [1.54, 1.807) is 16.7 Å². The largest absolute Gasteiger partial charge is 0.325 e. The average Bonchev–Trinajstić information content (AvgIpc) is 2.70. The first kappa shape index (κ1) is 13.8. The third kappa shape index (κ3) is 3.42. The van der Waals surface area contributed by atoms with Crippen LogP contribution in [-0.2, 0) is 18.3 Å². The van der Waals surface area contributed by atoms with Crippen LogP contribution in [0, 0.1) is 4.77 Å². The summed E-state index contributed by atoms with van der Waals surface area (Å²) in [5.41, 5.74) is 0.615. The lowest BCUT2D eigenvalue weighted by molar-refractivity contribution is -0.116. The number of hydrogen-bond acceptors (Lipinski definition) is 3. The van der Waals surface area contributed by atoms with Crippen molar-refractivity contribution < 1.29 is 4.79 Å². The number of para-hydroxylation sites is 1. The van der Waals surface area contributed by atoms with E-state index in [-0.39, 0.29) is 5.91 Å². The Bertz CT molecular complexity index is 649. The number of anilines is 1. The molecule has 0 spiro atoms. The van der Waals surface area contributed by atoms with Crippen molar-refractivity contribution in [3.05, 3.63) is 39.9 Å². The Kier molecular flexibility index (Phi) is 4.34. The van der Waals surface area contributed by atoms with Crippen LogP contribution < -0.4 is 5.32 Å². The van der Waals surface area contributed by atoms with Gasteiger partial charge in [-0.05, 0) is 24.4 Å². The number of nitrogens with one attached hydrogen (secondary N) is 2. The first-order chi connectivity index (χ1) is 9.08. The summed E-state index contributed by atoms with van der Waals surface area (Å²) in [6.45, 7) is 0. The highest BCUT2D eigenvalue weighted by Crippen LogP contribution is 2.20. The van der Waals surface area contributed by atoms with Crippen LogP contribution in [-0.4, -0.2) is 20.7 Å². The maximum Gasteiger partial charge on any atom is 0.224 e. The monoisotopic (exact) mass is 296 g/mol. The van der Waals surface area contributed by atoms with Gasteiger partial charge >= 0.3 is 0 Å². The first-order valence-electron chi connectivity index (χ1n) is 5.72. The number of aromatic amines is 1. The van der Waals surface area contributed by atoms with Crippen LogP contribution >= 0.6 is 23.8 Å². The van der Waals surface area contributed by atoms with E-state index in [4.69, 9.17) is 23.8 Å². The lowest BCUT2D eigenvalue weighted by atomic mass is 10.2. The Labute approximate surface area is 120 Å². The van der Waals surface area contributed by atoms with Crippen LogP contribution in [0.2, 0.25) is 5.02 Å². The van der Waals surface area contributed by atoms with E-state index in [1.165, 1.54) is 0 Å². The van der Waals surface area contributed by atoms with Gasteiger partial charge < -0.3 is 9.88 Å². The quantitative estimate of drug-likeness (QED) is 0.853. The highest BCUT2D eigenvalue weighted by molar-refractivity contribution is 7.71. The molecule has 2 N–H and O–H groups in total. The molecule has 1 aromatic carbocycles. The maximum absolute atomic E-state index is 11.8. The molecule has 0 aliphatic rings. The third-order valence-electron chi connectivity index (χ3n) is 2.70. The molecule has 7 heteroatoms. The second kappa shape index (κ2) is 5.99. The lowest BCUT2D eigenvalue weighted by Crippen LogP contribution is -2.13. The predicted octanol–water partition coefficient (Wildman–Crippen LogP) is 2.70.